The van der Waals surface area contributed by atoms with Crippen LogP contribution in [0.4, 0.5) is 15.8 Å². The summed E-state index contributed by atoms with van der Waals surface area (Å²) in [5, 5.41) is 3.32. The van der Waals surface area contributed by atoms with Crippen molar-refractivity contribution in [2.75, 3.05) is 11.1 Å². The Kier molecular flexibility index (Phi) is 5.67. The number of rotatable bonds is 5. The predicted molar refractivity (Wildman–Crippen MR) is 118 cm³/mol. The van der Waals surface area contributed by atoms with Crippen molar-refractivity contribution in [2.24, 2.45) is 15.9 Å². The zero-order valence-electron chi connectivity index (χ0n) is 16.6. The van der Waals surface area contributed by atoms with Crippen LogP contribution in [0, 0.1) is 11.7 Å². The molecule has 2 amide bonds. The lowest BCUT2D eigenvalue weighted by Gasteiger charge is -2.31. The number of fused-ring (bicyclic) bond motifs is 3. The van der Waals surface area contributed by atoms with Gasteiger partial charge in [0.15, 0.2) is 5.17 Å². The Morgan fingerprint density at radius 1 is 1.17 bits per heavy atom. The highest BCUT2D eigenvalue weighted by molar-refractivity contribution is 8.14. The van der Waals surface area contributed by atoms with E-state index in [0.29, 0.717) is 29.0 Å². The van der Waals surface area contributed by atoms with E-state index in [0.717, 1.165) is 11.3 Å². The molecular weight excluding hydrogens is 403 g/mol. The fourth-order valence-electron chi connectivity index (χ4n) is 3.44. The molecule has 0 bridgehead atoms. The molecule has 2 aromatic carbocycles. The van der Waals surface area contributed by atoms with Gasteiger partial charge in [0, 0.05) is 11.3 Å². The van der Waals surface area contributed by atoms with E-state index in [9.17, 15) is 14.0 Å². The maximum atomic E-state index is 13.0. The van der Waals surface area contributed by atoms with Crippen LogP contribution in [0.15, 0.2) is 58.5 Å². The molecule has 8 heteroatoms. The summed E-state index contributed by atoms with van der Waals surface area (Å²) in [4.78, 5) is 35.9. The van der Waals surface area contributed by atoms with Gasteiger partial charge in [0.05, 0.1) is 11.4 Å². The summed E-state index contributed by atoms with van der Waals surface area (Å²) < 4.78 is 13.0. The molecule has 0 saturated heterocycles. The van der Waals surface area contributed by atoms with Crippen molar-refractivity contribution >= 4 is 46.0 Å². The van der Waals surface area contributed by atoms with Crippen LogP contribution in [0.1, 0.15) is 25.8 Å². The molecule has 30 heavy (non-hydrogen) atoms. The topological polar surface area (TPSA) is 74.1 Å². The highest BCUT2D eigenvalue weighted by atomic mass is 32.2. The van der Waals surface area contributed by atoms with Gasteiger partial charge in [-0.15, -0.1) is 0 Å². The zero-order valence-corrected chi connectivity index (χ0v) is 17.4. The fourth-order valence-corrected chi connectivity index (χ4v) is 4.28. The predicted octanol–water partition coefficient (Wildman–Crippen LogP) is 4.20. The van der Waals surface area contributed by atoms with Crippen molar-refractivity contribution in [3.63, 3.8) is 0 Å². The number of carbonyl (C=O) groups excluding carboxylic acids is 2. The Balaban J connectivity index is 1.55. The maximum absolute atomic E-state index is 13.0. The Labute approximate surface area is 178 Å². The molecule has 2 aromatic rings. The molecule has 0 saturated carbocycles. The van der Waals surface area contributed by atoms with Crippen LogP contribution in [-0.4, -0.2) is 39.5 Å². The number of aliphatic imine (C=N–C) groups is 2. The molecule has 1 atom stereocenters. The second kappa shape index (κ2) is 8.39. The first kappa shape index (κ1) is 20.3. The minimum absolute atomic E-state index is 0.102. The number of amides is 2. The monoisotopic (exact) mass is 424 g/mol. The Morgan fingerprint density at radius 2 is 1.90 bits per heavy atom. The molecule has 6 nitrogen and oxygen atoms in total. The lowest BCUT2D eigenvalue weighted by Crippen LogP contribution is -2.44. The van der Waals surface area contributed by atoms with Crippen LogP contribution in [0.25, 0.3) is 0 Å². The summed E-state index contributed by atoms with van der Waals surface area (Å²) in [7, 11) is 0. The van der Waals surface area contributed by atoms with Gasteiger partial charge in [-0.1, -0.05) is 37.7 Å². The van der Waals surface area contributed by atoms with Gasteiger partial charge in [0.25, 0.3) is 5.91 Å². The number of anilines is 1. The van der Waals surface area contributed by atoms with Crippen LogP contribution < -0.4 is 5.32 Å². The molecule has 2 aliphatic heterocycles. The first-order valence-corrected chi connectivity index (χ1v) is 10.7. The molecule has 2 heterocycles. The quantitative estimate of drug-likeness (QED) is 0.781. The summed E-state index contributed by atoms with van der Waals surface area (Å²) in [6.45, 7) is 4.12. The van der Waals surface area contributed by atoms with Gasteiger partial charge in [0.2, 0.25) is 5.91 Å². The van der Waals surface area contributed by atoms with Crippen molar-refractivity contribution in [3.05, 3.63) is 59.9 Å². The summed E-state index contributed by atoms with van der Waals surface area (Å²) in [5.41, 5.74) is 2.07. The van der Waals surface area contributed by atoms with E-state index in [4.69, 9.17) is 4.99 Å². The number of hydrogen-bond donors (Lipinski definition) is 1. The molecule has 4 rings (SSSR count). The Bertz CT molecular complexity index is 1050. The van der Waals surface area contributed by atoms with Crippen molar-refractivity contribution in [1.82, 2.24) is 4.90 Å². The number of nitrogens with zero attached hydrogens (tertiary/aromatic N) is 3. The molecule has 2 aliphatic rings. The normalized spacial score (nSPS) is 17.4. The summed E-state index contributed by atoms with van der Waals surface area (Å²) >= 11 is 1.26. The molecular formula is C22H21FN4O2S. The number of amidine groups is 2. The zero-order chi connectivity index (χ0) is 21.3. The second-order valence-corrected chi connectivity index (χ2v) is 8.49. The number of para-hydroxylation sites is 1. The van der Waals surface area contributed by atoms with Crippen molar-refractivity contribution in [2.45, 2.75) is 26.3 Å². The average Bonchev–Trinajstić information content (AvgIpc) is 3.04. The molecule has 0 fully saturated rings. The van der Waals surface area contributed by atoms with Crippen LogP contribution in [-0.2, 0) is 9.59 Å². The molecule has 154 valence electrons. The summed E-state index contributed by atoms with van der Waals surface area (Å²) in [6, 6.07) is 12.7. The number of thioether (sulfide) groups is 1. The van der Waals surface area contributed by atoms with Crippen molar-refractivity contribution < 1.29 is 14.0 Å². The Morgan fingerprint density at radius 3 is 2.63 bits per heavy atom. The van der Waals surface area contributed by atoms with Gasteiger partial charge in [-0.05, 0) is 48.7 Å². The molecule has 0 aliphatic carbocycles. The van der Waals surface area contributed by atoms with Gasteiger partial charge in [0.1, 0.15) is 17.7 Å². The number of hydrogen-bond acceptors (Lipinski definition) is 5. The van der Waals surface area contributed by atoms with Crippen LogP contribution in [0.2, 0.25) is 0 Å². The standard InChI is InChI=1S/C22H21FN4O2S/c1-13(2)11-18-21(29)26-20-16-5-3-4-6-17(16)25-22(27(18)20)30-12-19(28)24-15-9-7-14(23)8-10-15/h3-10,13,18H,11-12H2,1-2H3,(H,24,28). The third-order valence-electron chi connectivity index (χ3n) is 4.76. The van der Waals surface area contributed by atoms with E-state index in [1.165, 1.54) is 36.0 Å². The van der Waals surface area contributed by atoms with Crippen LogP contribution in [0.3, 0.4) is 0 Å². The van der Waals surface area contributed by atoms with Crippen molar-refractivity contribution in [1.29, 1.82) is 0 Å². The molecule has 0 aromatic heterocycles. The molecule has 1 N–H and O–H groups in total. The highest BCUT2D eigenvalue weighted by Crippen LogP contribution is 2.35. The largest absolute Gasteiger partial charge is 0.325 e. The minimum atomic E-state index is -0.417. The van der Waals surface area contributed by atoms with Gasteiger partial charge in [-0.2, -0.15) is 4.99 Å². The van der Waals surface area contributed by atoms with E-state index >= 15 is 0 Å². The molecule has 0 radical (unpaired) electrons. The number of benzene rings is 2. The van der Waals surface area contributed by atoms with Gasteiger partial charge in [-0.3, -0.25) is 14.5 Å². The first-order chi connectivity index (χ1) is 14.4. The van der Waals surface area contributed by atoms with Gasteiger partial charge < -0.3 is 5.32 Å². The minimum Gasteiger partial charge on any atom is -0.325 e. The van der Waals surface area contributed by atoms with Crippen LogP contribution >= 0.6 is 11.8 Å². The van der Waals surface area contributed by atoms with E-state index in [2.05, 4.69) is 24.2 Å². The maximum Gasteiger partial charge on any atom is 0.270 e. The average molecular weight is 425 g/mol. The lowest BCUT2D eigenvalue weighted by atomic mass is 10.0. The van der Waals surface area contributed by atoms with E-state index in [1.807, 2.05) is 29.2 Å². The Hall–Kier alpha value is -3.00. The fraction of sp³-hybridized carbons (Fsp3) is 0.273. The summed E-state index contributed by atoms with van der Waals surface area (Å²) in [6.07, 6.45) is 0.648. The van der Waals surface area contributed by atoms with Crippen molar-refractivity contribution in [3.8, 4) is 0 Å². The van der Waals surface area contributed by atoms with E-state index in [-0.39, 0.29) is 23.4 Å². The number of carbonyl (C=O) groups is 2. The van der Waals surface area contributed by atoms with E-state index < -0.39 is 6.04 Å². The smallest absolute Gasteiger partial charge is 0.270 e. The number of nitrogens with one attached hydrogen (secondary N) is 1. The van der Waals surface area contributed by atoms with Crippen LogP contribution in [0.5, 0.6) is 0 Å². The van der Waals surface area contributed by atoms with Gasteiger partial charge >= 0.3 is 0 Å². The SMILES string of the molecule is CC(C)CC1C(=O)N=C2c3ccccc3N=C(SCC(=O)Nc3ccc(F)cc3)N21. The lowest BCUT2D eigenvalue weighted by molar-refractivity contribution is -0.120. The molecule has 0 spiro atoms. The number of halogens is 1. The highest BCUT2D eigenvalue weighted by Gasteiger charge is 2.41. The van der Waals surface area contributed by atoms with E-state index in [1.54, 1.807) is 0 Å². The molecule has 1 unspecified atom stereocenters. The first-order valence-electron chi connectivity index (χ1n) is 9.70. The second-order valence-electron chi connectivity index (χ2n) is 7.54. The third-order valence-corrected chi connectivity index (χ3v) is 5.72. The summed E-state index contributed by atoms with van der Waals surface area (Å²) in [5.74, 6) is 0.220. The van der Waals surface area contributed by atoms with Gasteiger partial charge in [-0.25, -0.2) is 9.38 Å². The third kappa shape index (κ3) is 4.14.